The van der Waals surface area contributed by atoms with Crippen LogP contribution in [-0.2, 0) is 21.2 Å². The predicted molar refractivity (Wildman–Crippen MR) is 93.5 cm³/mol. The second kappa shape index (κ2) is 7.49. The Morgan fingerprint density at radius 2 is 1.92 bits per heavy atom. The quantitative estimate of drug-likeness (QED) is 0.832. The smallest absolute Gasteiger partial charge is 0.263 e. The third-order valence-corrected chi connectivity index (χ3v) is 6.24. The van der Waals surface area contributed by atoms with Gasteiger partial charge in [0.1, 0.15) is 5.82 Å². The van der Waals surface area contributed by atoms with Gasteiger partial charge in [-0.1, -0.05) is 0 Å². The van der Waals surface area contributed by atoms with Gasteiger partial charge in [-0.3, -0.25) is 9.52 Å². The van der Waals surface area contributed by atoms with E-state index >= 15 is 0 Å². The molecule has 9 heteroatoms. The Hall–Kier alpha value is -2.00. The van der Waals surface area contributed by atoms with E-state index in [1.54, 1.807) is 5.38 Å². The lowest BCUT2D eigenvalue weighted by Gasteiger charge is -2.14. The van der Waals surface area contributed by atoms with E-state index in [1.165, 1.54) is 12.1 Å². The lowest BCUT2D eigenvalue weighted by molar-refractivity contribution is -0.130. The molecule has 1 aromatic heterocycles. The van der Waals surface area contributed by atoms with E-state index in [4.69, 9.17) is 0 Å². The molecule has 0 aliphatic carbocycles. The van der Waals surface area contributed by atoms with Crippen molar-refractivity contribution in [1.82, 2.24) is 9.88 Å². The SMILES string of the molecule is O=C(CCc1csc(NS(=O)(=O)c2ccc(F)cc2)n1)N1CCCC1. The minimum atomic E-state index is -3.81. The summed E-state index contributed by atoms with van der Waals surface area (Å²) in [6.45, 7) is 1.64. The zero-order valence-corrected chi connectivity index (χ0v) is 15.1. The van der Waals surface area contributed by atoms with Gasteiger partial charge in [0.2, 0.25) is 5.91 Å². The van der Waals surface area contributed by atoms with Crippen molar-refractivity contribution in [3.8, 4) is 0 Å². The van der Waals surface area contributed by atoms with Gasteiger partial charge < -0.3 is 4.90 Å². The highest BCUT2D eigenvalue weighted by Gasteiger charge is 2.19. The van der Waals surface area contributed by atoms with Crippen LogP contribution in [0.4, 0.5) is 9.52 Å². The zero-order chi connectivity index (χ0) is 17.9. The summed E-state index contributed by atoms with van der Waals surface area (Å²) in [5.74, 6) is -0.392. The number of aromatic nitrogens is 1. The number of halogens is 1. The van der Waals surface area contributed by atoms with Gasteiger partial charge in [0.05, 0.1) is 10.6 Å². The molecule has 3 rings (SSSR count). The van der Waals surface area contributed by atoms with E-state index in [0.717, 1.165) is 49.4 Å². The Bertz CT molecular complexity index is 844. The average Bonchev–Trinajstić information content (AvgIpc) is 3.24. The number of carbonyl (C=O) groups is 1. The molecule has 134 valence electrons. The number of benzene rings is 1. The molecule has 0 spiro atoms. The first-order valence-electron chi connectivity index (χ1n) is 7.94. The average molecular weight is 383 g/mol. The largest absolute Gasteiger partial charge is 0.343 e. The fourth-order valence-corrected chi connectivity index (χ4v) is 4.61. The van der Waals surface area contributed by atoms with Crippen molar-refractivity contribution >= 4 is 32.4 Å². The molecule has 0 atom stereocenters. The van der Waals surface area contributed by atoms with Crippen molar-refractivity contribution in [3.63, 3.8) is 0 Å². The first-order chi connectivity index (χ1) is 11.9. The summed E-state index contributed by atoms with van der Waals surface area (Å²) in [6.07, 6.45) is 2.95. The first-order valence-corrected chi connectivity index (χ1v) is 10.3. The Labute approximate surface area is 149 Å². The number of aryl methyl sites for hydroxylation is 1. The molecule has 0 saturated carbocycles. The third kappa shape index (κ3) is 4.55. The minimum absolute atomic E-state index is 0.0325. The number of thiazole rings is 1. The van der Waals surface area contributed by atoms with Crippen molar-refractivity contribution in [1.29, 1.82) is 0 Å². The number of likely N-dealkylation sites (tertiary alicyclic amines) is 1. The molecule has 0 unspecified atom stereocenters. The molecule has 1 aromatic carbocycles. The van der Waals surface area contributed by atoms with Crippen LogP contribution in [-0.4, -0.2) is 37.3 Å². The molecular formula is C16H18FN3O3S2. The molecule has 1 aliphatic rings. The minimum Gasteiger partial charge on any atom is -0.343 e. The monoisotopic (exact) mass is 383 g/mol. The van der Waals surface area contributed by atoms with Crippen molar-refractivity contribution in [2.75, 3.05) is 17.8 Å². The molecule has 1 fully saturated rings. The summed E-state index contributed by atoms with van der Waals surface area (Å²) >= 11 is 1.16. The van der Waals surface area contributed by atoms with E-state index < -0.39 is 15.8 Å². The summed E-state index contributed by atoms with van der Waals surface area (Å²) in [5.41, 5.74) is 0.675. The molecule has 1 amide bonds. The van der Waals surface area contributed by atoms with Gasteiger partial charge in [-0.05, 0) is 43.5 Å². The maximum Gasteiger partial charge on any atom is 0.263 e. The van der Waals surface area contributed by atoms with Gasteiger partial charge in [-0.25, -0.2) is 17.8 Å². The number of carbonyl (C=O) groups excluding carboxylic acids is 1. The molecule has 1 aliphatic heterocycles. The number of hydrogen-bond acceptors (Lipinski definition) is 5. The summed E-state index contributed by atoms with van der Waals surface area (Å²) in [5, 5.41) is 1.97. The van der Waals surface area contributed by atoms with Crippen LogP contribution in [0.15, 0.2) is 34.5 Å². The Morgan fingerprint density at radius 3 is 2.60 bits per heavy atom. The summed E-state index contributed by atoms with van der Waals surface area (Å²) in [7, 11) is -3.81. The van der Waals surface area contributed by atoms with Crippen LogP contribution in [0, 0.1) is 5.82 Å². The van der Waals surface area contributed by atoms with Crippen molar-refractivity contribution in [2.45, 2.75) is 30.6 Å². The second-order valence-electron chi connectivity index (χ2n) is 5.79. The third-order valence-electron chi connectivity index (χ3n) is 3.95. The summed E-state index contributed by atoms with van der Waals surface area (Å²) in [4.78, 5) is 18.1. The molecule has 25 heavy (non-hydrogen) atoms. The van der Waals surface area contributed by atoms with E-state index in [2.05, 4.69) is 9.71 Å². The van der Waals surface area contributed by atoms with Crippen LogP contribution in [0.3, 0.4) is 0 Å². The number of nitrogens with zero attached hydrogens (tertiary/aromatic N) is 2. The first kappa shape index (κ1) is 17.8. The van der Waals surface area contributed by atoms with Crippen LogP contribution in [0.2, 0.25) is 0 Å². The molecule has 0 bridgehead atoms. The van der Waals surface area contributed by atoms with E-state index in [0.29, 0.717) is 18.5 Å². The van der Waals surface area contributed by atoms with Gasteiger partial charge >= 0.3 is 0 Å². The van der Waals surface area contributed by atoms with Crippen LogP contribution in [0.25, 0.3) is 0 Å². The van der Waals surface area contributed by atoms with Crippen molar-refractivity contribution in [2.24, 2.45) is 0 Å². The number of sulfonamides is 1. The number of hydrogen-bond donors (Lipinski definition) is 1. The van der Waals surface area contributed by atoms with Crippen molar-refractivity contribution < 1.29 is 17.6 Å². The molecular weight excluding hydrogens is 365 g/mol. The van der Waals surface area contributed by atoms with Gasteiger partial charge in [0.15, 0.2) is 5.13 Å². The van der Waals surface area contributed by atoms with E-state index in [-0.39, 0.29) is 15.9 Å². The normalized spacial score (nSPS) is 14.7. The maximum atomic E-state index is 12.9. The molecule has 1 saturated heterocycles. The van der Waals surface area contributed by atoms with Gasteiger partial charge in [0, 0.05) is 24.9 Å². The predicted octanol–water partition coefficient (Wildman–Crippen LogP) is 2.64. The molecule has 2 heterocycles. The van der Waals surface area contributed by atoms with Crippen LogP contribution in [0.5, 0.6) is 0 Å². The number of amides is 1. The number of anilines is 1. The van der Waals surface area contributed by atoms with E-state index in [9.17, 15) is 17.6 Å². The molecule has 0 radical (unpaired) electrons. The molecule has 1 N–H and O–H groups in total. The van der Waals surface area contributed by atoms with Crippen LogP contribution < -0.4 is 4.72 Å². The van der Waals surface area contributed by atoms with Gasteiger partial charge in [0.25, 0.3) is 10.0 Å². The highest BCUT2D eigenvalue weighted by Crippen LogP contribution is 2.21. The zero-order valence-electron chi connectivity index (χ0n) is 13.4. The molecule has 6 nitrogen and oxygen atoms in total. The highest BCUT2D eigenvalue weighted by atomic mass is 32.2. The fraction of sp³-hybridized carbons (Fsp3) is 0.375. The summed E-state index contributed by atoms with van der Waals surface area (Å²) in [6, 6.07) is 4.57. The Kier molecular flexibility index (Phi) is 5.33. The lowest BCUT2D eigenvalue weighted by atomic mass is 10.2. The Balaban J connectivity index is 1.59. The standard InChI is InChI=1S/C16H18FN3O3S2/c17-12-3-6-14(7-4-12)25(22,23)19-16-18-13(11-24-16)5-8-15(21)20-9-1-2-10-20/h3-4,6-7,11H,1-2,5,8-10H2,(H,18,19). The highest BCUT2D eigenvalue weighted by molar-refractivity contribution is 7.93. The number of rotatable bonds is 6. The van der Waals surface area contributed by atoms with Gasteiger partial charge in [-0.2, -0.15) is 0 Å². The van der Waals surface area contributed by atoms with E-state index in [1.807, 2.05) is 4.90 Å². The van der Waals surface area contributed by atoms with Crippen molar-refractivity contribution in [3.05, 3.63) is 41.2 Å². The fourth-order valence-electron chi connectivity index (χ4n) is 2.62. The Morgan fingerprint density at radius 1 is 1.24 bits per heavy atom. The summed E-state index contributed by atoms with van der Waals surface area (Å²) < 4.78 is 39.8. The second-order valence-corrected chi connectivity index (χ2v) is 8.33. The lowest BCUT2D eigenvalue weighted by Crippen LogP contribution is -2.27. The topological polar surface area (TPSA) is 79.4 Å². The maximum absolute atomic E-state index is 12.9. The van der Waals surface area contributed by atoms with Crippen LogP contribution >= 0.6 is 11.3 Å². The van der Waals surface area contributed by atoms with Crippen LogP contribution in [0.1, 0.15) is 25.0 Å². The number of nitrogens with one attached hydrogen (secondary N) is 1. The molecule has 2 aromatic rings. The van der Waals surface area contributed by atoms with Gasteiger partial charge in [-0.15, -0.1) is 11.3 Å².